The third-order valence-corrected chi connectivity index (χ3v) is 7.72. The highest BCUT2D eigenvalue weighted by Crippen LogP contribution is 2.50. The largest absolute Gasteiger partial charge is 0.441 e. The summed E-state index contributed by atoms with van der Waals surface area (Å²) in [5.41, 5.74) is 5.71. The maximum atomic E-state index is 13.2. The summed E-state index contributed by atoms with van der Waals surface area (Å²) in [5, 5.41) is 0. The predicted molar refractivity (Wildman–Crippen MR) is 149 cm³/mol. The first kappa shape index (κ1) is 26.3. The van der Waals surface area contributed by atoms with Crippen LogP contribution in [0.5, 0.6) is 0 Å². The number of cyclic esters (lactones) is 1. The van der Waals surface area contributed by atoms with Gasteiger partial charge in [-0.2, -0.15) is 0 Å². The number of carbonyl (C=O) groups is 1. The quantitative estimate of drug-likeness (QED) is 0.217. The van der Waals surface area contributed by atoms with E-state index in [-0.39, 0.29) is 11.8 Å². The Morgan fingerprint density at radius 1 is 0.778 bits per heavy atom. The number of fused-ring (bicyclic) bond motifs is 1. The van der Waals surface area contributed by atoms with E-state index in [1.54, 1.807) is 12.4 Å². The number of hydrogen-bond acceptors (Lipinski definition) is 5. The molecule has 4 rings (SSSR count). The Kier molecular flexibility index (Phi) is 8.11. The number of pyridine rings is 1. The molecule has 0 saturated heterocycles. The fourth-order valence-electron chi connectivity index (χ4n) is 5.30. The Balaban J connectivity index is 2.02. The SMILES string of the molecule is CCN(CC)c1ccc(C2(c3ccc(N(CC)CC)cc3CCl)OC(=O)c3cnccc32)c(CCl)c1. The molecule has 0 bridgehead atoms. The van der Waals surface area contributed by atoms with Crippen molar-refractivity contribution in [2.24, 2.45) is 0 Å². The van der Waals surface area contributed by atoms with E-state index in [2.05, 4.69) is 66.7 Å². The smallest absolute Gasteiger partial charge is 0.341 e. The molecule has 1 aromatic heterocycles. The summed E-state index contributed by atoms with van der Waals surface area (Å²) in [4.78, 5) is 22.0. The van der Waals surface area contributed by atoms with Crippen molar-refractivity contribution in [1.82, 2.24) is 4.98 Å². The van der Waals surface area contributed by atoms with Crippen molar-refractivity contribution in [1.29, 1.82) is 0 Å². The Bertz CT molecular complexity index is 1180. The van der Waals surface area contributed by atoms with Crippen molar-refractivity contribution >= 4 is 40.5 Å². The normalized spacial score (nSPS) is 13.9. The van der Waals surface area contributed by atoms with E-state index < -0.39 is 11.6 Å². The van der Waals surface area contributed by atoms with Crippen molar-refractivity contribution in [3.8, 4) is 0 Å². The van der Waals surface area contributed by atoms with Crippen molar-refractivity contribution < 1.29 is 9.53 Å². The summed E-state index contributed by atoms with van der Waals surface area (Å²) in [7, 11) is 0. The lowest BCUT2D eigenvalue weighted by Crippen LogP contribution is -2.32. The zero-order valence-corrected chi connectivity index (χ0v) is 22.9. The van der Waals surface area contributed by atoms with Gasteiger partial charge in [0, 0.05) is 78.4 Å². The summed E-state index contributed by atoms with van der Waals surface area (Å²) in [5.74, 6) is 0.148. The highest BCUT2D eigenvalue weighted by molar-refractivity contribution is 6.17. The first-order valence-electron chi connectivity index (χ1n) is 12.5. The number of aromatic nitrogens is 1. The molecule has 0 aliphatic carbocycles. The summed E-state index contributed by atoms with van der Waals surface area (Å²) in [6, 6.07) is 14.3. The van der Waals surface area contributed by atoms with Crippen molar-refractivity contribution in [3.05, 3.63) is 88.2 Å². The summed E-state index contributed by atoms with van der Waals surface area (Å²) in [6.07, 6.45) is 3.28. The number of halogens is 2. The van der Waals surface area contributed by atoms with Crippen LogP contribution >= 0.6 is 23.2 Å². The zero-order chi connectivity index (χ0) is 25.9. The molecule has 0 fully saturated rings. The lowest BCUT2D eigenvalue weighted by Gasteiger charge is -2.35. The van der Waals surface area contributed by atoms with Crippen molar-refractivity contribution in [3.63, 3.8) is 0 Å². The number of alkyl halides is 2. The molecule has 0 N–H and O–H groups in total. The molecule has 0 radical (unpaired) electrons. The van der Waals surface area contributed by atoms with E-state index in [0.29, 0.717) is 5.56 Å². The highest BCUT2D eigenvalue weighted by Gasteiger charge is 2.50. The molecule has 2 heterocycles. The number of carbonyl (C=O) groups excluding carboxylic acids is 1. The molecule has 0 saturated carbocycles. The molecule has 0 unspecified atom stereocenters. The van der Waals surface area contributed by atoms with Gasteiger partial charge in [-0.3, -0.25) is 4.98 Å². The number of rotatable bonds is 10. The molecular formula is C29H33Cl2N3O2. The summed E-state index contributed by atoms with van der Waals surface area (Å²) < 4.78 is 6.36. The minimum atomic E-state index is -1.17. The Hall–Kier alpha value is -2.76. The third-order valence-electron chi connectivity index (χ3n) is 7.15. The van der Waals surface area contributed by atoms with Crippen LogP contribution in [0.4, 0.5) is 11.4 Å². The van der Waals surface area contributed by atoms with Crippen LogP contribution in [0.25, 0.3) is 0 Å². The summed E-state index contributed by atoms with van der Waals surface area (Å²) >= 11 is 13.1. The number of ether oxygens (including phenoxy) is 1. The van der Waals surface area contributed by atoms with Gasteiger partial charge in [0.15, 0.2) is 5.60 Å². The predicted octanol–water partition coefficient (Wildman–Crippen LogP) is 6.71. The number of nitrogens with zero attached hydrogens (tertiary/aromatic N) is 3. The van der Waals surface area contributed by atoms with Gasteiger partial charge in [-0.05, 0) is 69.2 Å². The molecular weight excluding hydrogens is 493 g/mol. The topological polar surface area (TPSA) is 45.7 Å². The van der Waals surface area contributed by atoms with Crippen LogP contribution in [0.1, 0.15) is 65.9 Å². The number of anilines is 2. The fraction of sp³-hybridized carbons (Fsp3) is 0.379. The Morgan fingerprint density at radius 2 is 1.28 bits per heavy atom. The molecule has 2 aromatic carbocycles. The minimum absolute atomic E-state index is 0.276. The number of esters is 1. The molecule has 7 heteroatoms. The average Bonchev–Trinajstić information content (AvgIpc) is 3.22. The van der Waals surface area contributed by atoms with Crippen LogP contribution in [0.2, 0.25) is 0 Å². The van der Waals surface area contributed by atoms with E-state index in [4.69, 9.17) is 27.9 Å². The van der Waals surface area contributed by atoms with Gasteiger partial charge in [0.25, 0.3) is 0 Å². The minimum Gasteiger partial charge on any atom is -0.441 e. The van der Waals surface area contributed by atoms with Gasteiger partial charge in [0.05, 0.1) is 5.56 Å². The van der Waals surface area contributed by atoms with E-state index >= 15 is 0 Å². The van der Waals surface area contributed by atoms with Crippen LogP contribution < -0.4 is 9.80 Å². The van der Waals surface area contributed by atoms with Crippen molar-refractivity contribution in [2.75, 3.05) is 36.0 Å². The summed E-state index contributed by atoms with van der Waals surface area (Å²) in [6.45, 7) is 12.1. The Morgan fingerprint density at radius 3 is 1.72 bits per heavy atom. The first-order chi connectivity index (χ1) is 17.5. The molecule has 1 aliphatic rings. The third kappa shape index (κ3) is 4.33. The molecule has 0 spiro atoms. The lowest BCUT2D eigenvalue weighted by molar-refractivity contribution is 0.0248. The standard InChI is InChI=1S/C29H33Cl2N3O2/c1-5-33(6-2)22-9-11-25(20(15-22)17-30)29(27-13-14-32-19-24(27)28(35)36-29)26-12-10-23(16-21(26)18-31)34(7-3)8-4/h9-16,19H,5-8,17-18H2,1-4H3. The molecule has 36 heavy (non-hydrogen) atoms. The molecule has 1 aliphatic heterocycles. The zero-order valence-electron chi connectivity index (χ0n) is 21.4. The van der Waals surface area contributed by atoms with Gasteiger partial charge >= 0.3 is 5.97 Å². The highest BCUT2D eigenvalue weighted by atomic mass is 35.5. The second-order valence-electron chi connectivity index (χ2n) is 8.79. The van der Waals surface area contributed by atoms with Gasteiger partial charge in [-0.15, -0.1) is 23.2 Å². The van der Waals surface area contributed by atoms with E-state index in [1.807, 2.05) is 18.2 Å². The van der Waals surface area contributed by atoms with Crippen LogP contribution in [-0.2, 0) is 22.1 Å². The van der Waals surface area contributed by atoms with E-state index in [9.17, 15) is 4.79 Å². The molecule has 0 amide bonds. The molecule has 5 nitrogen and oxygen atoms in total. The van der Waals surface area contributed by atoms with E-state index in [0.717, 1.165) is 65.4 Å². The van der Waals surface area contributed by atoms with Gasteiger partial charge in [0.2, 0.25) is 0 Å². The number of benzene rings is 2. The van der Waals surface area contributed by atoms with Gasteiger partial charge in [-0.1, -0.05) is 12.1 Å². The average molecular weight is 527 g/mol. The second kappa shape index (κ2) is 11.1. The molecule has 0 atom stereocenters. The van der Waals surface area contributed by atoms with Gasteiger partial charge in [-0.25, -0.2) is 4.79 Å². The van der Waals surface area contributed by atoms with Crippen molar-refractivity contribution in [2.45, 2.75) is 45.1 Å². The van der Waals surface area contributed by atoms with Crippen LogP contribution in [-0.4, -0.2) is 37.1 Å². The Labute approximate surface area is 224 Å². The maximum Gasteiger partial charge on any atom is 0.341 e. The van der Waals surface area contributed by atoms with Gasteiger partial charge < -0.3 is 14.5 Å². The van der Waals surface area contributed by atoms with Crippen LogP contribution in [0.3, 0.4) is 0 Å². The monoisotopic (exact) mass is 525 g/mol. The first-order valence-corrected chi connectivity index (χ1v) is 13.6. The molecule has 190 valence electrons. The fourth-order valence-corrected chi connectivity index (χ4v) is 5.74. The van der Waals surface area contributed by atoms with E-state index in [1.165, 1.54) is 0 Å². The number of hydrogen-bond donors (Lipinski definition) is 0. The van der Waals surface area contributed by atoms with Crippen LogP contribution in [0, 0.1) is 0 Å². The van der Waals surface area contributed by atoms with Gasteiger partial charge in [0.1, 0.15) is 0 Å². The second-order valence-corrected chi connectivity index (χ2v) is 9.32. The lowest BCUT2D eigenvalue weighted by atomic mass is 9.76. The molecule has 3 aromatic rings. The van der Waals surface area contributed by atoms with Crippen LogP contribution in [0.15, 0.2) is 54.9 Å². The maximum absolute atomic E-state index is 13.2.